The highest BCUT2D eigenvalue weighted by molar-refractivity contribution is 5.92. The molecule has 0 aliphatic rings. The zero-order valence-electron chi connectivity index (χ0n) is 15.0. The van der Waals surface area contributed by atoms with Gasteiger partial charge in [-0.1, -0.05) is 35.9 Å². The standard InChI is InChI=1S/C22H22N2O2/c1-16-8-13-21(17(2)14-16)26-15-22(25)24-20-11-9-19(10-12-20)23-18-6-4-3-5-7-18/h3-14,23H,15H2,1-2H3,(H,24,25). The molecule has 3 rings (SSSR count). The summed E-state index contributed by atoms with van der Waals surface area (Å²) in [7, 11) is 0. The van der Waals surface area contributed by atoms with E-state index >= 15 is 0 Å². The van der Waals surface area contributed by atoms with Crippen LogP contribution in [0, 0.1) is 13.8 Å². The van der Waals surface area contributed by atoms with Crippen LogP contribution in [-0.2, 0) is 4.79 Å². The molecule has 3 aromatic carbocycles. The van der Waals surface area contributed by atoms with E-state index in [4.69, 9.17) is 4.74 Å². The average Bonchev–Trinajstić information content (AvgIpc) is 2.63. The maximum atomic E-state index is 12.1. The van der Waals surface area contributed by atoms with Crippen molar-refractivity contribution < 1.29 is 9.53 Å². The van der Waals surface area contributed by atoms with Crippen molar-refractivity contribution in [2.75, 3.05) is 17.2 Å². The lowest BCUT2D eigenvalue weighted by Gasteiger charge is -2.11. The van der Waals surface area contributed by atoms with E-state index in [0.717, 1.165) is 28.4 Å². The molecule has 0 unspecified atom stereocenters. The van der Waals surface area contributed by atoms with Gasteiger partial charge in [-0.15, -0.1) is 0 Å². The van der Waals surface area contributed by atoms with Gasteiger partial charge in [0.1, 0.15) is 5.75 Å². The van der Waals surface area contributed by atoms with Crippen LogP contribution in [0.5, 0.6) is 5.75 Å². The molecule has 0 atom stereocenters. The van der Waals surface area contributed by atoms with Crippen molar-refractivity contribution in [1.29, 1.82) is 0 Å². The highest BCUT2D eigenvalue weighted by Crippen LogP contribution is 2.20. The molecule has 132 valence electrons. The Balaban J connectivity index is 1.52. The maximum Gasteiger partial charge on any atom is 0.262 e. The molecule has 2 N–H and O–H groups in total. The van der Waals surface area contributed by atoms with Gasteiger partial charge in [-0.05, 0) is 61.9 Å². The topological polar surface area (TPSA) is 50.4 Å². The van der Waals surface area contributed by atoms with E-state index in [1.54, 1.807) is 0 Å². The van der Waals surface area contributed by atoms with Crippen LogP contribution in [0.2, 0.25) is 0 Å². The second kappa shape index (κ2) is 8.21. The number of nitrogens with one attached hydrogen (secondary N) is 2. The van der Waals surface area contributed by atoms with Gasteiger partial charge in [0.05, 0.1) is 0 Å². The van der Waals surface area contributed by atoms with E-state index in [-0.39, 0.29) is 12.5 Å². The van der Waals surface area contributed by atoms with Gasteiger partial charge in [-0.25, -0.2) is 0 Å². The molecule has 0 radical (unpaired) electrons. The highest BCUT2D eigenvalue weighted by atomic mass is 16.5. The zero-order valence-corrected chi connectivity index (χ0v) is 15.0. The molecule has 4 heteroatoms. The summed E-state index contributed by atoms with van der Waals surface area (Å²) in [5.41, 5.74) is 4.90. The molecule has 26 heavy (non-hydrogen) atoms. The number of carbonyl (C=O) groups is 1. The number of ether oxygens (including phenoxy) is 1. The number of benzene rings is 3. The first kappa shape index (κ1) is 17.5. The SMILES string of the molecule is Cc1ccc(OCC(=O)Nc2ccc(Nc3ccccc3)cc2)c(C)c1. The molecule has 0 aromatic heterocycles. The minimum atomic E-state index is -0.186. The molecule has 0 spiro atoms. The quantitative estimate of drug-likeness (QED) is 0.655. The molecule has 0 saturated carbocycles. The van der Waals surface area contributed by atoms with E-state index in [1.807, 2.05) is 86.6 Å². The van der Waals surface area contributed by atoms with Crippen LogP contribution in [0.4, 0.5) is 17.1 Å². The van der Waals surface area contributed by atoms with Crippen molar-refractivity contribution in [3.05, 3.63) is 83.9 Å². The Bertz CT molecular complexity index is 874. The molecule has 3 aromatic rings. The van der Waals surface area contributed by atoms with Crippen LogP contribution in [0.15, 0.2) is 72.8 Å². The average molecular weight is 346 g/mol. The fraction of sp³-hybridized carbons (Fsp3) is 0.136. The van der Waals surface area contributed by atoms with Crippen LogP contribution in [0.25, 0.3) is 0 Å². The Kier molecular flexibility index (Phi) is 5.54. The van der Waals surface area contributed by atoms with Crippen molar-refractivity contribution >= 4 is 23.0 Å². The van der Waals surface area contributed by atoms with Crippen molar-refractivity contribution in [3.8, 4) is 5.75 Å². The number of rotatable bonds is 6. The Morgan fingerprint density at radius 3 is 2.19 bits per heavy atom. The number of para-hydroxylation sites is 1. The molecule has 0 bridgehead atoms. The first-order chi connectivity index (χ1) is 12.6. The van der Waals surface area contributed by atoms with Gasteiger partial charge in [0.25, 0.3) is 5.91 Å². The van der Waals surface area contributed by atoms with Crippen LogP contribution in [0.3, 0.4) is 0 Å². The summed E-state index contributed by atoms with van der Waals surface area (Å²) in [6.07, 6.45) is 0. The third-order valence-electron chi connectivity index (χ3n) is 3.92. The van der Waals surface area contributed by atoms with Gasteiger partial charge >= 0.3 is 0 Å². The van der Waals surface area contributed by atoms with Crippen LogP contribution in [-0.4, -0.2) is 12.5 Å². The molecule has 0 aliphatic heterocycles. The fourth-order valence-electron chi connectivity index (χ4n) is 2.63. The van der Waals surface area contributed by atoms with Crippen LogP contribution in [0.1, 0.15) is 11.1 Å². The molecule has 4 nitrogen and oxygen atoms in total. The normalized spacial score (nSPS) is 10.2. The first-order valence-electron chi connectivity index (χ1n) is 8.52. The zero-order chi connectivity index (χ0) is 18.4. The number of hydrogen-bond donors (Lipinski definition) is 2. The van der Waals surface area contributed by atoms with E-state index in [1.165, 1.54) is 5.56 Å². The van der Waals surface area contributed by atoms with Crippen LogP contribution < -0.4 is 15.4 Å². The molecule has 0 fully saturated rings. The van der Waals surface area contributed by atoms with Crippen molar-refractivity contribution in [2.24, 2.45) is 0 Å². The van der Waals surface area contributed by atoms with Crippen molar-refractivity contribution in [1.82, 2.24) is 0 Å². The van der Waals surface area contributed by atoms with Gasteiger partial charge in [0.2, 0.25) is 0 Å². The highest BCUT2D eigenvalue weighted by Gasteiger charge is 2.06. The second-order valence-corrected chi connectivity index (χ2v) is 6.17. The minimum Gasteiger partial charge on any atom is -0.483 e. The van der Waals surface area contributed by atoms with E-state index < -0.39 is 0 Å². The Morgan fingerprint density at radius 1 is 0.846 bits per heavy atom. The summed E-state index contributed by atoms with van der Waals surface area (Å²) in [6, 6.07) is 23.4. The number of anilines is 3. The molecule has 0 heterocycles. The molecular formula is C22H22N2O2. The predicted molar refractivity (Wildman–Crippen MR) is 106 cm³/mol. The fourth-order valence-corrected chi connectivity index (χ4v) is 2.63. The summed E-state index contributed by atoms with van der Waals surface area (Å²) in [6.45, 7) is 3.98. The van der Waals surface area contributed by atoms with Gasteiger partial charge in [0.15, 0.2) is 6.61 Å². The number of carbonyl (C=O) groups excluding carboxylic acids is 1. The number of aryl methyl sites for hydroxylation is 2. The lowest BCUT2D eigenvalue weighted by Crippen LogP contribution is -2.20. The van der Waals surface area contributed by atoms with E-state index in [0.29, 0.717) is 0 Å². The molecule has 0 aliphatic carbocycles. The Labute approximate surface area is 153 Å². The summed E-state index contributed by atoms with van der Waals surface area (Å²) >= 11 is 0. The summed E-state index contributed by atoms with van der Waals surface area (Å²) in [5, 5.41) is 6.15. The van der Waals surface area contributed by atoms with Crippen LogP contribution >= 0.6 is 0 Å². The molecular weight excluding hydrogens is 324 g/mol. The lowest BCUT2D eigenvalue weighted by molar-refractivity contribution is -0.118. The largest absolute Gasteiger partial charge is 0.483 e. The van der Waals surface area contributed by atoms with E-state index in [9.17, 15) is 4.79 Å². The second-order valence-electron chi connectivity index (χ2n) is 6.17. The van der Waals surface area contributed by atoms with Gasteiger partial charge in [-0.3, -0.25) is 4.79 Å². The summed E-state index contributed by atoms with van der Waals surface area (Å²) in [5.74, 6) is 0.543. The van der Waals surface area contributed by atoms with Gasteiger partial charge in [-0.2, -0.15) is 0 Å². The van der Waals surface area contributed by atoms with Crippen molar-refractivity contribution in [2.45, 2.75) is 13.8 Å². The van der Waals surface area contributed by atoms with Crippen molar-refractivity contribution in [3.63, 3.8) is 0 Å². The van der Waals surface area contributed by atoms with Gasteiger partial charge in [0, 0.05) is 17.1 Å². The number of amides is 1. The third kappa shape index (κ3) is 4.86. The Morgan fingerprint density at radius 2 is 1.50 bits per heavy atom. The lowest BCUT2D eigenvalue weighted by atomic mass is 10.1. The minimum absolute atomic E-state index is 0.0199. The van der Waals surface area contributed by atoms with Gasteiger partial charge < -0.3 is 15.4 Å². The monoisotopic (exact) mass is 346 g/mol. The summed E-state index contributed by atoms with van der Waals surface area (Å²) in [4.78, 5) is 12.1. The third-order valence-corrected chi connectivity index (χ3v) is 3.92. The first-order valence-corrected chi connectivity index (χ1v) is 8.52. The maximum absolute atomic E-state index is 12.1. The number of hydrogen-bond acceptors (Lipinski definition) is 3. The Hall–Kier alpha value is -3.27. The molecule has 0 saturated heterocycles. The van der Waals surface area contributed by atoms with E-state index in [2.05, 4.69) is 10.6 Å². The summed E-state index contributed by atoms with van der Waals surface area (Å²) < 4.78 is 5.60. The molecule has 1 amide bonds. The predicted octanol–water partition coefficient (Wildman–Crippen LogP) is 5.06. The smallest absolute Gasteiger partial charge is 0.262 e.